The minimum atomic E-state index is -2.94. The number of ether oxygens (including phenoxy) is 2. The van der Waals surface area contributed by atoms with Crippen molar-refractivity contribution in [1.82, 2.24) is 19.5 Å². The highest BCUT2D eigenvalue weighted by Crippen LogP contribution is 2.45. The molecule has 0 unspecified atom stereocenters. The normalized spacial score (nSPS) is 20.0. The molecule has 0 radical (unpaired) electrons. The second kappa shape index (κ2) is 18.3. The van der Waals surface area contributed by atoms with E-state index in [9.17, 15) is 10.2 Å². The largest absolute Gasteiger partial charge is 0.403 e. The zero-order valence-corrected chi connectivity index (χ0v) is 37.3. The Balaban J connectivity index is 1.08. The quantitative estimate of drug-likeness (QED) is 0.0733. The van der Waals surface area contributed by atoms with Crippen LogP contribution in [0, 0.1) is 0 Å². The minimum Gasteiger partial charge on any atom is -0.403 e. The van der Waals surface area contributed by atoms with Gasteiger partial charge in [0.25, 0.3) is 8.32 Å². The molecule has 1 aliphatic carbocycles. The lowest BCUT2D eigenvalue weighted by Gasteiger charge is -2.43. The summed E-state index contributed by atoms with van der Waals surface area (Å²) in [7, 11) is -2.94. The molecule has 1 saturated carbocycles. The maximum absolute atomic E-state index is 11.8. The second-order valence-corrected chi connectivity index (χ2v) is 22.2. The summed E-state index contributed by atoms with van der Waals surface area (Å²) in [5.74, 6) is 0.659. The number of benzene rings is 5. The van der Waals surface area contributed by atoms with Crippen LogP contribution in [-0.2, 0) is 26.1 Å². The summed E-state index contributed by atoms with van der Waals surface area (Å²) < 4.78 is 23.2. The number of aliphatic hydroxyl groups excluding tert-OH is 2. The van der Waals surface area contributed by atoms with Crippen LogP contribution in [0.15, 0.2) is 158 Å². The Morgan fingerprint density at radius 1 is 0.698 bits per heavy atom. The maximum atomic E-state index is 11.8. The van der Waals surface area contributed by atoms with E-state index >= 15 is 0 Å². The number of rotatable bonds is 14. The molecule has 1 aliphatic heterocycles. The molecule has 2 fully saturated rings. The van der Waals surface area contributed by atoms with Crippen LogP contribution in [-0.4, -0.2) is 69.0 Å². The van der Waals surface area contributed by atoms with Crippen LogP contribution in [0.4, 0.5) is 5.82 Å². The van der Waals surface area contributed by atoms with Crippen LogP contribution in [0.1, 0.15) is 81.4 Å². The SMILES string of the molecule is CC(C)(C)[Si](OCc1ccccc1C(OC[C@H]1O[C@@H](n2cnc3c(NC4CCCCC4)ncnc32)[C@H](O)[C@@H]1O)(c1ccccc1)c1ccccc1)(c1ccccc1)c1ccccc1. The van der Waals surface area contributed by atoms with Gasteiger partial charge >= 0.3 is 0 Å². The summed E-state index contributed by atoms with van der Waals surface area (Å²) in [5.41, 5.74) is 3.58. The first-order chi connectivity index (χ1) is 30.7. The predicted molar refractivity (Wildman–Crippen MR) is 249 cm³/mol. The van der Waals surface area contributed by atoms with Crippen molar-refractivity contribution in [2.24, 2.45) is 0 Å². The summed E-state index contributed by atoms with van der Waals surface area (Å²) in [6.07, 6.45) is 4.46. The molecule has 5 aromatic carbocycles. The molecule has 9 rings (SSSR count). The topological polar surface area (TPSA) is 124 Å². The maximum Gasteiger partial charge on any atom is 0.261 e. The molecule has 3 heterocycles. The molecule has 1 saturated heterocycles. The van der Waals surface area contributed by atoms with Crippen molar-refractivity contribution in [3.63, 3.8) is 0 Å². The van der Waals surface area contributed by atoms with Crippen LogP contribution in [0.2, 0.25) is 5.04 Å². The molecular formula is C52H57N5O5Si. The first-order valence-electron chi connectivity index (χ1n) is 22.2. The minimum absolute atomic E-state index is 0.0570. The van der Waals surface area contributed by atoms with Gasteiger partial charge in [-0.3, -0.25) is 4.57 Å². The van der Waals surface area contributed by atoms with Crippen LogP contribution < -0.4 is 15.7 Å². The monoisotopic (exact) mass is 859 g/mol. The van der Waals surface area contributed by atoms with Gasteiger partial charge < -0.3 is 29.4 Å². The van der Waals surface area contributed by atoms with E-state index in [-0.39, 0.29) is 11.6 Å². The molecule has 324 valence electrons. The van der Waals surface area contributed by atoms with Crippen molar-refractivity contribution in [3.05, 3.63) is 181 Å². The highest BCUT2D eigenvalue weighted by Gasteiger charge is 2.51. The molecular weight excluding hydrogens is 803 g/mol. The van der Waals surface area contributed by atoms with Gasteiger partial charge in [0.2, 0.25) is 0 Å². The van der Waals surface area contributed by atoms with E-state index in [1.165, 1.54) is 36.0 Å². The van der Waals surface area contributed by atoms with E-state index in [2.05, 4.69) is 138 Å². The van der Waals surface area contributed by atoms with Crippen molar-refractivity contribution >= 4 is 35.7 Å². The number of aromatic nitrogens is 4. The van der Waals surface area contributed by atoms with E-state index in [0.29, 0.717) is 29.6 Å². The summed E-state index contributed by atoms with van der Waals surface area (Å²) in [6.45, 7) is 7.11. The van der Waals surface area contributed by atoms with Gasteiger partial charge in [-0.2, -0.15) is 0 Å². The Hall–Kier alpha value is -5.53. The average molecular weight is 860 g/mol. The van der Waals surface area contributed by atoms with E-state index in [0.717, 1.165) is 35.1 Å². The molecule has 3 N–H and O–H groups in total. The molecule has 63 heavy (non-hydrogen) atoms. The number of nitrogens with one attached hydrogen (secondary N) is 1. The summed E-state index contributed by atoms with van der Waals surface area (Å²) >= 11 is 0. The second-order valence-electron chi connectivity index (χ2n) is 17.9. The number of imidazole rings is 1. The van der Waals surface area contributed by atoms with E-state index in [1.807, 2.05) is 48.5 Å². The number of nitrogens with zero attached hydrogens (tertiary/aromatic N) is 4. The average Bonchev–Trinajstić information content (AvgIpc) is 3.88. The molecule has 2 aliphatic rings. The smallest absolute Gasteiger partial charge is 0.261 e. The van der Waals surface area contributed by atoms with Gasteiger partial charge in [-0.15, -0.1) is 0 Å². The Bertz CT molecular complexity index is 2490. The number of anilines is 1. The molecule has 10 nitrogen and oxygen atoms in total. The fourth-order valence-electron chi connectivity index (χ4n) is 9.89. The highest BCUT2D eigenvalue weighted by molar-refractivity contribution is 6.99. The third-order valence-corrected chi connectivity index (χ3v) is 18.0. The molecule has 7 aromatic rings. The summed E-state index contributed by atoms with van der Waals surface area (Å²) in [5, 5.41) is 29.2. The van der Waals surface area contributed by atoms with Crippen molar-refractivity contribution in [2.45, 2.75) is 101 Å². The number of fused-ring (bicyclic) bond motifs is 1. The molecule has 0 bridgehead atoms. The third kappa shape index (κ3) is 8.14. The standard InChI is InChI=1S/C52H57N5O5Si/c1-51(2,3)63(41-28-15-7-16-29-41,42-30-17-8-18-31-42)61-33-37-21-19-20-32-43(37)52(38-22-9-4-10-23-38,39-24-11-5-12-25-39)60-34-44-46(58)47(59)50(62-44)57-36-55-45-48(53-35-54-49(45)57)56-40-26-13-6-14-27-40/h4-5,7-12,15-25,28-32,35-36,40,44,46-47,50,58-59H,6,13-14,26-27,33-34H2,1-3H3,(H,53,54,56)/t44-,46-,47-,50-/m1/s1. The van der Waals surface area contributed by atoms with Crippen molar-refractivity contribution in [1.29, 1.82) is 0 Å². The van der Waals surface area contributed by atoms with Crippen molar-refractivity contribution in [2.75, 3.05) is 11.9 Å². The summed E-state index contributed by atoms with van der Waals surface area (Å²) in [4.78, 5) is 13.8. The lowest BCUT2D eigenvalue weighted by atomic mass is 9.78. The lowest BCUT2D eigenvalue weighted by Crippen LogP contribution is -2.66. The van der Waals surface area contributed by atoms with Gasteiger partial charge in [0, 0.05) is 6.04 Å². The zero-order chi connectivity index (χ0) is 43.4. The van der Waals surface area contributed by atoms with Gasteiger partial charge in [0.05, 0.1) is 19.5 Å². The molecule has 4 atom stereocenters. The summed E-state index contributed by atoms with van der Waals surface area (Å²) in [6, 6.07) is 50.4. The van der Waals surface area contributed by atoms with Gasteiger partial charge in [-0.1, -0.05) is 186 Å². The van der Waals surface area contributed by atoms with E-state index in [1.54, 1.807) is 10.9 Å². The van der Waals surface area contributed by atoms with Crippen LogP contribution in [0.25, 0.3) is 11.2 Å². The third-order valence-electron chi connectivity index (χ3n) is 13.0. The van der Waals surface area contributed by atoms with Gasteiger partial charge in [0.1, 0.15) is 30.2 Å². The first kappa shape index (κ1) is 42.8. The van der Waals surface area contributed by atoms with E-state index < -0.39 is 38.5 Å². The van der Waals surface area contributed by atoms with Crippen LogP contribution in [0.3, 0.4) is 0 Å². The Kier molecular flexibility index (Phi) is 12.4. The molecule has 11 heteroatoms. The van der Waals surface area contributed by atoms with Gasteiger partial charge in [0.15, 0.2) is 23.2 Å². The van der Waals surface area contributed by atoms with Crippen molar-refractivity contribution < 1.29 is 24.1 Å². The van der Waals surface area contributed by atoms with Crippen molar-refractivity contribution in [3.8, 4) is 0 Å². The van der Waals surface area contributed by atoms with Crippen LogP contribution >= 0.6 is 0 Å². The number of hydrogen-bond donors (Lipinski definition) is 3. The predicted octanol–water partition coefficient (Wildman–Crippen LogP) is 8.28. The van der Waals surface area contributed by atoms with Gasteiger partial charge in [-0.05, 0) is 50.5 Å². The Labute approximate surface area is 371 Å². The fraction of sp³-hybridized carbons (Fsp3) is 0.327. The lowest BCUT2D eigenvalue weighted by molar-refractivity contribution is -0.0945. The first-order valence-corrected chi connectivity index (χ1v) is 24.2. The Morgan fingerprint density at radius 2 is 1.27 bits per heavy atom. The number of aliphatic hydroxyl groups is 2. The number of hydrogen-bond acceptors (Lipinski definition) is 9. The highest BCUT2D eigenvalue weighted by atomic mass is 28.4. The molecule has 2 aromatic heterocycles. The Morgan fingerprint density at radius 3 is 1.87 bits per heavy atom. The fourth-order valence-corrected chi connectivity index (χ4v) is 14.4. The van der Waals surface area contributed by atoms with Gasteiger partial charge in [-0.25, -0.2) is 15.0 Å². The van der Waals surface area contributed by atoms with E-state index in [4.69, 9.17) is 13.9 Å². The zero-order valence-electron chi connectivity index (χ0n) is 36.3. The molecule has 0 spiro atoms. The van der Waals surface area contributed by atoms with Crippen LogP contribution in [0.5, 0.6) is 0 Å². The molecule has 0 amide bonds.